The van der Waals surface area contributed by atoms with Gasteiger partial charge in [0.05, 0.1) is 18.4 Å². The molecule has 1 amide bonds. The van der Waals surface area contributed by atoms with E-state index in [1.165, 1.54) is 7.11 Å². The van der Waals surface area contributed by atoms with E-state index in [4.69, 9.17) is 9.47 Å². The maximum absolute atomic E-state index is 12.3. The Hall–Kier alpha value is -1.76. The summed E-state index contributed by atoms with van der Waals surface area (Å²) in [5.74, 6) is -0.371. The van der Waals surface area contributed by atoms with Crippen LogP contribution in [0, 0.1) is 0 Å². The molecule has 0 radical (unpaired) electrons. The molecule has 0 N–H and O–H groups in total. The number of anilines is 1. The number of esters is 1. The third kappa shape index (κ3) is 5.36. The summed E-state index contributed by atoms with van der Waals surface area (Å²) in [6, 6.07) is 5.56. The van der Waals surface area contributed by atoms with E-state index in [0.29, 0.717) is 25.2 Å². The van der Waals surface area contributed by atoms with Crippen LogP contribution < -0.4 is 4.90 Å². The molecule has 0 aliphatic carbocycles. The number of benzene rings is 1. The molecule has 0 unspecified atom stereocenters. The number of carbonyl (C=O) groups is 2. The van der Waals surface area contributed by atoms with Crippen molar-refractivity contribution in [1.82, 2.24) is 4.90 Å². The molecule has 0 spiro atoms. The first-order valence-corrected chi connectivity index (χ1v) is 9.11. The number of nitrogens with zero attached hydrogens (tertiary/aromatic N) is 2. The van der Waals surface area contributed by atoms with Crippen molar-refractivity contribution in [3.05, 3.63) is 28.2 Å². The molecule has 1 fully saturated rings. The van der Waals surface area contributed by atoms with Crippen LogP contribution >= 0.6 is 15.9 Å². The van der Waals surface area contributed by atoms with Crippen molar-refractivity contribution in [2.24, 2.45) is 0 Å². The summed E-state index contributed by atoms with van der Waals surface area (Å²) in [6.45, 7) is 8.15. The minimum Gasteiger partial charge on any atom is -0.465 e. The van der Waals surface area contributed by atoms with Crippen LogP contribution in [-0.2, 0) is 9.47 Å². The zero-order chi connectivity index (χ0) is 18.6. The number of amides is 1. The van der Waals surface area contributed by atoms with Gasteiger partial charge in [-0.1, -0.05) is 15.9 Å². The topological polar surface area (TPSA) is 59.1 Å². The lowest BCUT2D eigenvalue weighted by molar-refractivity contribution is 0.0263. The van der Waals surface area contributed by atoms with Crippen molar-refractivity contribution in [3.8, 4) is 0 Å². The zero-order valence-electron chi connectivity index (χ0n) is 15.2. The summed E-state index contributed by atoms with van der Waals surface area (Å²) >= 11 is 3.39. The lowest BCUT2D eigenvalue weighted by atomic mass is 10.1. The minimum atomic E-state index is -0.507. The summed E-state index contributed by atoms with van der Waals surface area (Å²) in [5, 5.41) is 0. The largest absolute Gasteiger partial charge is 0.465 e. The van der Waals surface area contributed by atoms with Crippen molar-refractivity contribution in [2.45, 2.75) is 32.8 Å². The molecular weight excluding hydrogens is 388 g/mol. The molecule has 1 aromatic carbocycles. The summed E-state index contributed by atoms with van der Waals surface area (Å²) in [7, 11) is 1.37. The van der Waals surface area contributed by atoms with Crippen LogP contribution in [0.25, 0.3) is 0 Å². The van der Waals surface area contributed by atoms with Gasteiger partial charge >= 0.3 is 12.1 Å². The Kier molecular flexibility index (Phi) is 6.32. The summed E-state index contributed by atoms with van der Waals surface area (Å²) < 4.78 is 11.2. The number of hydrogen-bond donors (Lipinski definition) is 0. The van der Waals surface area contributed by atoms with Crippen molar-refractivity contribution in [2.75, 3.05) is 38.2 Å². The van der Waals surface area contributed by atoms with E-state index >= 15 is 0 Å². The molecule has 6 nitrogen and oxygen atoms in total. The SMILES string of the molecule is COC(=O)c1cc(Br)ccc1N1CCCN(C(=O)OC(C)(C)C)CC1. The lowest BCUT2D eigenvalue weighted by Gasteiger charge is -2.27. The van der Waals surface area contributed by atoms with Crippen molar-refractivity contribution >= 4 is 33.7 Å². The van der Waals surface area contributed by atoms with Crippen LogP contribution in [0.4, 0.5) is 10.5 Å². The van der Waals surface area contributed by atoms with Gasteiger partial charge < -0.3 is 19.3 Å². The first kappa shape index (κ1) is 19.6. The Labute approximate surface area is 157 Å². The fraction of sp³-hybridized carbons (Fsp3) is 0.556. The molecule has 0 aromatic heterocycles. The number of halogens is 1. The van der Waals surface area contributed by atoms with Gasteiger partial charge in [0, 0.05) is 30.7 Å². The summed E-state index contributed by atoms with van der Waals surface area (Å²) in [5.41, 5.74) is 0.830. The molecule has 1 heterocycles. The van der Waals surface area contributed by atoms with Gasteiger partial charge in [0.2, 0.25) is 0 Å². The monoisotopic (exact) mass is 412 g/mol. The Bertz CT molecular complexity index is 642. The van der Waals surface area contributed by atoms with E-state index in [1.807, 2.05) is 32.9 Å². The lowest BCUT2D eigenvalue weighted by Crippen LogP contribution is -2.39. The van der Waals surface area contributed by atoms with Crippen molar-refractivity contribution in [3.63, 3.8) is 0 Å². The second-order valence-corrected chi connectivity index (χ2v) is 7.88. The first-order chi connectivity index (χ1) is 11.7. The van der Waals surface area contributed by atoms with Crippen LogP contribution in [-0.4, -0.2) is 55.9 Å². The molecular formula is C18H25BrN2O4. The number of rotatable bonds is 2. The number of ether oxygens (including phenoxy) is 2. The average Bonchev–Trinajstić information content (AvgIpc) is 2.78. The summed E-state index contributed by atoms with van der Waals surface area (Å²) in [4.78, 5) is 28.2. The van der Waals surface area contributed by atoms with Gasteiger partial charge in [0.25, 0.3) is 0 Å². The van der Waals surface area contributed by atoms with E-state index in [-0.39, 0.29) is 12.1 Å². The molecule has 0 saturated carbocycles. The molecule has 0 bridgehead atoms. The van der Waals surface area contributed by atoms with Crippen molar-refractivity contribution in [1.29, 1.82) is 0 Å². The highest BCUT2D eigenvalue weighted by Crippen LogP contribution is 2.26. The molecule has 1 saturated heterocycles. The minimum absolute atomic E-state index is 0.293. The maximum Gasteiger partial charge on any atom is 0.410 e. The fourth-order valence-electron chi connectivity index (χ4n) is 2.72. The molecule has 25 heavy (non-hydrogen) atoms. The van der Waals surface area contributed by atoms with Crippen LogP contribution in [0.15, 0.2) is 22.7 Å². The number of hydrogen-bond acceptors (Lipinski definition) is 5. The molecule has 0 atom stereocenters. The number of carbonyl (C=O) groups excluding carboxylic acids is 2. The third-order valence-corrected chi connectivity index (χ3v) is 4.35. The average molecular weight is 413 g/mol. The zero-order valence-corrected chi connectivity index (χ0v) is 16.8. The van der Waals surface area contributed by atoms with Gasteiger partial charge in [-0.25, -0.2) is 9.59 Å². The fourth-order valence-corrected chi connectivity index (χ4v) is 3.09. The van der Waals surface area contributed by atoms with Gasteiger partial charge in [-0.15, -0.1) is 0 Å². The van der Waals surface area contributed by atoms with Crippen LogP contribution in [0.1, 0.15) is 37.6 Å². The molecule has 138 valence electrons. The molecule has 1 aliphatic rings. The quantitative estimate of drug-likeness (QED) is 0.693. The molecule has 7 heteroatoms. The maximum atomic E-state index is 12.3. The van der Waals surface area contributed by atoms with E-state index in [9.17, 15) is 9.59 Å². The first-order valence-electron chi connectivity index (χ1n) is 8.32. The second kappa shape index (κ2) is 8.08. The van der Waals surface area contributed by atoms with Crippen LogP contribution in [0.2, 0.25) is 0 Å². The van der Waals surface area contributed by atoms with E-state index < -0.39 is 5.60 Å². The third-order valence-electron chi connectivity index (χ3n) is 3.85. The normalized spacial score (nSPS) is 15.6. The van der Waals surface area contributed by atoms with E-state index in [0.717, 1.165) is 23.1 Å². The smallest absolute Gasteiger partial charge is 0.410 e. The highest BCUT2D eigenvalue weighted by atomic mass is 79.9. The van der Waals surface area contributed by atoms with Crippen LogP contribution in [0.3, 0.4) is 0 Å². The van der Waals surface area contributed by atoms with E-state index in [2.05, 4.69) is 20.8 Å². The van der Waals surface area contributed by atoms with Gasteiger partial charge in [-0.05, 0) is 45.4 Å². The second-order valence-electron chi connectivity index (χ2n) is 6.96. The van der Waals surface area contributed by atoms with Gasteiger partial charge in [0.15, 0.2) is 0 Å². The highest BCUT2D eigenvalue weighted by Gasteiger charge is 2.26. The van der Waals surface area contributed by atoms with Gasteiger partial charge in [-0.3, -0.25) is 0 Å². The molecule has 2 rings (SSSR count). The van der Waals surface area contributed by atoms with Gasteiger partial charge in [-0.2, -0.15) is 0 Å². The summed E-state index contributed by atoms with van der Waals surface area (Å²) in [6.07, 6.45) is 0.508. The standard InChI is InChI=1S/C18H25BrN2O4/c1-18(2,3)25-17(23)21-9-5-8-20(10-11-21)15-7-6-13(19)12-14(15)16(22)24-4/h6-7,12H,5,8-11H2,1-4H3. The Morgan fingerprint density at radius 1 is 1.12 bits per heavy atom. The van der Waals surface area contributed by atoms with E-state index in [1.54, 1.807) is 11.0 Å². The Morgan fingerprint density at radius 2 is 1.84 bits per heavy atom. The Morgan fingerprint density at radius 3 is 2.48 bits per heavy atom. The highest BCUT2D eigenvalue weighted by molar-refractivity contribution is 9.10. The van der Waals surface area contributed by atoms with Crippen LogP contribution in [0.5, 0.6) is 0 Å². The molecule has 1 aromatic rings. The number of methoxy groups -OCH3 is 1. The predicted molar refractivity (Wildman–Crippen MR) is 100 cm³/mol. The molecule has 1 aliphatic heterocycles. The van der Waals surface area contributed by atoms with Crippen molar-refractivity contribution < 1.29 is 19.1 Å². The Balaban J connectivity index is 2.14. The predicted octanol–water partition coefficient (Wildman–Crippen LogP) is 3.68. The van der Waals surface area contributed by atoms with Gasteiger partial charge in [0.1, 0.15) is 5.60 Å².